The van der Waals surface area contributed by atoms with E-state index in [-0.39, 0.29) is 5.69 Å². The molecular weight excluding hydrogens is 280 g/mol. The predicted molar refractivity (Wildman–Crippen MR) is 51.6 cm³/mol. The summed E-state index contributed by atoms with van der Waals surface area (Å²) in [6.07, 6.45) is -12.8. The highest BCUT2D eigenvalue weighted by Gasteiger charge is 2.67. The molecule has 1 unspecified atom stereocenters. The van der Waals surface area contributed by atoms with E-state index in [1.54, 1.807) is 0 Å². The molecule has 3 nitrogen and oxygen atoms in total. The highest BCUT2D eigenvalue weighted by molar-refractivity contribution is 5.54. The summed E-state index contributed by atoms with van der Waals surface area (Å²) in [4.78, 5) is 0. The van der Waals surface area contributed by atoms with Crippen LogP contribution < -0.4 is 15.2 Å². The molecule has 106 valence electrons. The summed E-state index contributed by atoms with van der Waals surface area (Å²) in [6, 6.07) is 3.19. The summed E-state index contributed by atoms with van der Waals surface area (Å²) >= 11 is 0. The molecule has 0 radical (unpaired) electrons. The molecule has 0 saturated carbocycles. The lowest BCUT2D eigenvalue weighted by molar-refractivity contribution is -0.338. The molecule has 1 atom stereocenters. The average Bonchev–Trinajstić information content (AvgIpc) is 2.52. The van der Waals surface area contributed by atoms with Crippen LogP contribution in [-0.4, -0.2) is 18.1 Å². The minimum atomic E-state index is -5.35. The quantitative estimate of drug-likeness (QED) is 0.637. The van der Waals surface area contributed by atoms with Crippen LogP contribution in [0, 0.1) is 0 Å². The topological polar surface area (TPSA) is 44.5 Å². The van der Waals surface area contributed by atoms with E-state index in [9.17, 15) is 26.3 Å². The van der Waals surface area contributed by atoms with E-state index in [0.717, 1.165) is 12.1 Å². The van der Waals surface area contributed by atoms with Gasteiger partial charge in [-0.05, 0) is 12.1 Å². The highest BCUT2D eigenvalue weighted by Crippen LogP contribution is 2.51. The molecule has 1 aliphatic heterocycles. The number of nitrogens with two attached hydrogens (primary N) is 1. The summed E-state index contributed by atoms with van der Waals surface area (Å²) in [7, 11) is 0. The molecule has 1 heterocycles. The fraction of sp³-hybridized carbons (Fsp3) is 0.400. The maximum absolute atomic E-state index is 12.8. The van der Waals surface area contributed by atoms with Crippen LogP contribution in [0.1, 0.15) is 6.42 Å². The van der Waals surface area contributed by atoms with Crippen LogP contribution >= 0.6 is 0 Å². The van der Waals surface area contributed by atoms with Crippen LogP contribution in [0.2, 0.25) is 0 Å². The molecular formula is C10H7F6NO2. The number of hydrogen-bond acceptors (Lipinski definition) is 3. The van der Waals surface area contributed by atoms with Crippen LogP contribution in [0.3, 0.4) is 0 Å². The van der Waals surface area contributed by atoms with E-state index < -0.39 is 36.1 Å². The van der Waals surface area contributed by atoms with Crippen molar-refractivity contribution in [1.82, 2.24) is 0 Å². The fourth-order valence-corrected chi connectivity index (χ4v) is 1.62. The van der Waals surface area contributed by atoms with Gasteiger partial charge in [0.05, 0.1) is 0 Å². The van der Waals surface area contributed by atoms with Crippen LogP contribution in [0.15, 0.2) is 18.2 Å². The first-order chi connectivity index (χ1) is 8.52. The molecule has 0 fully saturated rings. The van der Waals surface area contributed by atoms with Gasteiger partial charge in [0, 0.05) is 11.8 Å². The van der Waals surface area contributed by atoms with E-state index in [1.807, 2.05) is 0 Å². The van der Waals surface area contributed by atoms with Crippen molar-refractivity contribution in [2.24, 2.45) is 0 Å². The summed E-state index contributed by atoms with van der Waals surface area (Å²) < 4.78 is 84.1. The third-order valence-electron chi connectivity index (χ3n) is 2.38. The number of benzene rings is 1. The zero-order chi connectivity index (χ0) is 14.5. The van der Waals surface area contributed by atoms with Crippen molar-refractivity contribution < 1.29 is 35.8 Å². The van der Waals surface area contributed by atoms with Crippen molar-refractivity contribution in [3.05, 3.63) is 18.2 Å². The second kappa shape index (κ2) is 3.84. The van der Waals surface area contributed by atoms with E-state index in [0.29, 0.717) is 0 Å². The van der Waals surface area contributed by atoms with Gasteiger partial charge >= 0.3 is 18.1 Å². The Balaban J connectivity index is 2.40. The maximum Gasteiger partial charge on any atom is 0.468 e. The number of hydrogen-bond donors (Lipinski definition) is 1. The van der Waals surface area contributed by atoms with E-state index in [1.165, 1.54) is 6.07 Å². The molecule has 2 rings (SSSR count). The highest BCUT2D eigenvalue weighted by atomic mass is 19.4. The summed E-state index contributed by atoms with van der Waals surface area (Å²) in [6.45, 7) is 0. The Labute approximate surface area is 102 Å². The number of fused-ring (bicyclic) bond motifs is 1. The van der Waals surface area contributed by atoms with E-state index in [4.69, 9.17) is 5.73 Å². The smallest absolute Gasteiger partial charge is 0.440 e. The van der Waals surface area contributed by atoms with Gasteiger partial charge in [-0.25, -0.2) is 0 Å². The molecule has 0 aromatic heterocycles. The lowest BCUT2D eigenvalue weighted by Gasteiger charge is -2.30. The molecule has 0 saturated heterocycles. The Morgan fingerprint density at radius 2 is 1.58 bits per heavy atom. The first-order valence-electron chi connectivity index (χ1n) is 4.93. The molecule has 1 aromatic carbocycles. The lowest BCUT2D eigenvalue weighted by atomic mass is 10.2. The van der Waals surface area contributed by atoms with Gasteiger partial charge in [0.1, 0.15) is 6.42 Å². The van der Waals surface area contributed by atoms with Crippen molar-refractivity contribution in [3.63, 3.8) is 0 Å². The lowest BCUT2D eigenvalue weighted by Crippen LogP contribution is -2.55. The van der Waals surface area contributed by atoms with E-state index >= 15 is 0 Å². The molecule has 0 amide bonds. The van der Waals surface area contributed by atoms with Crippen molar-refractivity contribution in [2.45, 2.75) is 24.6 Å². The number of nitrogen functional groups attached to an aromatic ring is 1. The first-order valence-corrected chi connectivity index (χ1v) is 4.93. The minimum Gasteiger partial charge on any atom is -0.440 e. The van der Waals surface area contributed by atoms with Crippen molar-refractivity contribution in [1.29, 1.82) is 0 Å². The Morgan fingerprint density at radius 3 is 2.11 bits per heavy atom. The van der Waals surface area contributed by atoms with Gasteiger partial charge in [0.15, 0.2) is 11.5 Å². The third kappa shape index (κ3) is 2.49. The van der Waals surface area contributed by atoms with Crippen LogP contribution in [0.5, 0.6) is 11.5 Å². The van der Waals surface area contributed by atoms with Crippen molar-refractivity contribution >= 4 is 5.69 Å². The molecule has 0 spiro atoms. The molecule has 0 bridgehead atoms. The summed E-state index contributed by atoms with van der Waals surface area (Å²) in [5.41, 5.74) is 5.37. The number of alkyl halides is 6. The summed E-state index contributed by atoms with van der Waals surface area (Å²) in [5.74, 6) is -4.67. The van der Waals surface area contributed by atoms with Gasteiger partial charge in [-0.2, -0.15) is 26.3 Å². The van der Waals surface area contributed by atoms with Gasteiger partial charge in [-0.1, -0.05) is 0 Å². The Morgan fingerprint density at radius 1 is 1.00 bits per heavy atom. The normalized spacial score (nSPS) is 22.6. The standard InChI is InChI=1S/C10H7F6NO2/c11-9(12,13)4-8(10(14,15)16)18-6-2-1-5(17)3-7(6)19-8/h1-3H,4,17H2. The Kier molecular flexibility index (Phi) is 2.76. The zero-order valence-electron chi connectivity index (χ0n) is 9.10. The predicted octanol–water partition coefficient (Wildman–Crippen LogP) is 3.25. The Hall–Kier alpha value is -1.80. The zero-order valence-corrected chi connectivity index (χ0v) is 9.10. The fourth-order valence-electron chi connectivity index (χ4n) is 1.62. The first kappa shape index (κ1) is 13.6. The molecule has 0 aliphatic carbocycles. The summed E-state index contributed by atoms with van der Waals surface area (Å²) in [5, 5.41) is 0. The van der Waals surface area contributed by atoms with E-state index in [2.05, 4.69) is 9.47 Å². The van der Waals surface area contributed by atoms with Crippen LogP contribution in [-0.2, 0) is 0 Å². The second-order valence-electron chi connectivity index (χ2n) is 3.95. The van der Waals surface area contributed by atoms with Gasteiger partial charge in [0.25, 0.3) is 0 Å². The SMILES string of the molecule is Nc1ccc2c(c1)OC(CC(F)(F)F)(C(F)(F)F)O2. The molecule has 2 N–H and O–H groups in total. The van der Waals surface area contributed by atoms with Gasteiger partial charge in [-0.3, -0.25) is 0 Å². The van der Waals surface area contributed by atoms with Gasteiger partial charge in [-0.15, -0.1) is 0 Å². The maximum atomic E-state index is 12.8. The average molecular weight is 287 g/mol. The van der Waals surface area contributed by atoms with Crippen LogP contribution in [0.25, 0.3) is 0 Å². The van der Waals surface area contributed by atoms with Crippen molar-refractivity contribution in [2.75, 3.05) is 5.73 Å². The van der Waals surface area contributed by atoms with Crippen LogP contribution in [0.4, 0.5) is 32.0 Å². The molecule has 19 heavy (non-hydrogen) atoms. The second-order valence-corrected chi connectivity index (χ2v) is 3.95. The number of rotatable bonds is 1. The monoisotopic (exact) mass is 287 g/mol. The third-order valence-corrected chi connectivity index (χ3v) is 2.38. The Bertz CT molecular complexity index is 498. The molecule has 1 aliphatic rings. The van der Waals surface area contributed by atoms with Gasteiger partial charge in [0.2, 0.25) is 0 Å². The number of anilines is 1. The largest absolute Gasteiger partial charge is 0.468 e. The minimum absolute atomic E-state index is 0.0485. The van der Waals surface area contributed by atoms with Gasteiger partial charge < -0.3 is 15.2 Å². The molecule has 1 aromatic rings. The van der Waals surface area contributed by atoms with Crippen molar-refractivity contribution in [3.8, 4) is 11.5 Å². The molecule has 9 heteroatoms. The number of ether oxygens (including phenoxy) is 2. The number of halogens is 6.